The summed E-state index contributed by atoms with van der Waals surface area (Å²) in [7, 11) is 0. The minimum atomic E-state index is -0.177. The Bertz CT molecular complexity index is 358. The lowest BCUT2D eigenvalue weighted by Crippen LogP contribution is -2.42. The van der Waals surface area contributed by atoms with Crippen LogP contribution in [0.5, 0.6) is 0 Å². The minimum absolute atomic E-state index is 0.177. The summed E-state index contributed by atoms with van der Waals surface area (Å²) in [5.41, 5.74) is 7.48. The Morgan fingerprint density at radius 1 is 0.448 bits per heavy atom. The summed E-state index contributed by atoms with van der Waals surface area (Å²) in [6, 6.07) is 0. The van der Waals surface area contributed by atoms with Gasteiger partial charge in [0.05, 0.1) is 0 Å². The van der Waals surface area contributed by atoms with Crippen LogP contribution < -0.4 is 5.73 Å². The van der Waals surface area contributed by atoms with Crippen molar-refractivity contribution in [3.63, 3.8) is 0 Å². The molecule has 0 aliphatic heterocycles. The fourth-order valence-corrected chi connectivity index (χ4v) is 4.18. The molecule has 0 bridgehead atoms. The predicted molar refractivity (Wildman–Crippen MR) is 125 cm³/mol. The van der Waals surface area contributed by atoms with Gasteiger partial charge in [0, 0.05) is 25.4 Å². The van der Waals surface area contributed by atoms with Crippen LogP contribution in [0.2, 0.25) is 0 Å². The van der Waals surface area contributed by atoms with Crippen molar-refractivity contribution in [2.24, 2.45) is 22.0 Å². The van der Waals surface area contributed by atoms with E-state index in [1.165, 1.54) is 0 Å². The van der Waals surface area contributed by atoms with Crippen LogP contribution in [-0.2, 0) is 0 Å². The average molecular weight is 416 g/mol. The van der Waals surface area contributed by atoms with Crippen LogP contribution in [0, 0.1) is 16.2 Å². The summed E-state index contributed by atoms with van der Waals surface area (Å²) in [6.45, 7) is 14.5. The first-order valence-electron chi connectivity index (χ1n) is 11.9. The maximum Gasteiger partial charge on any atom is 0.0431 e. The smallest absolute Gasteiger partial charge is 0.0431 e. The van der Waals surface area contributed by atoms with E-state index < -0.39 is 0 Å². The fourth-order valence-electron chi connectivity index (χ4n) is 4.18. The van der Waals surface area contributed by atoms with Gasteiger partial charge >= 0.3 is 0 Å². The van der Waals surface area contributed by atoms with E-state index in [1.54, 1.807) is 0 Å². The van der Waals surface area contributed by atoms with Gasteiger partial charge in [0.15, 0.2) is 0 Å². The van der Waals surface area contributed by atoms with Crippen LogP contribution in [0.25, 0.3) is 0 Å². The summed E-state index contributed by atoms with van der Waals surface area (Å²) >= 11 is 0. The van der Waals surface area contributed by atoms with Crippen LogP contribution in [0.15, 0.2) is 0 Å². The molecule has 0 aromatic carbocycles. The first kappa shape index (κ1) is 28.8. The summed E-state index contributed by atoms with van der Waals surface area (Å²) in [5, 5.41) is 27.6. The van der Waals surface area contributed by atoms with Gasteiger partial charge in [0.1, 0.15) is 0 Å². The lowest BCUT2D eigenvalue weighted by molar-refractivity contribution is 0.163. The van der Waals surface area contributed by atoms with Gasteiger partial charge in [-0.2, -0.15) is 0 Å². The third kappa shape index (κ3) is 14.5. The first-order valence-corrected chi connectivity index (χ1v) is 11.9. The molecule has 4 heteroatoms. The molecular formula is C25H53NO3. The number of rotatable bonds is 18. The molecule has 0 spiro atoms. The average Bonchev–Trinajstić information content (AvgIpc) is 2.65. The maximum atomic E-state index is 9.19. The third-order valence-electron chi connectivity index (χ3n) is 6.93. The quantitative estimate of drug-likeness (QED) is 0.241. The number of aliphatic hydroxyl groups excluding tert-OH is 3. The summed E-state index contributed by atoms with van der Waals surface area (Å²) in [4.78, 5) is 0. The molecule has 0 aliphatic carbocycles. The van der Waals surface area contributed by atoms with Crippen molar-refractivity contribution in [2.45, 2.75) is 124 Å². The topological polar surface area (TPSA) is 86.7 Å². The molecule has 0 aromatic rings. The van der Waals surface area contributed by atoms with Crippen LogP contribution in [0.4, 0.5) is 0 Å². The fraction of sp³-hybridized carbons (Fsp3) is 1.00. The second-order valence-electron chi connectivity index (χ2n) is 11.8. The van der Waals surface area contributed by atoms with E-state index in [1.807, 2.05) is 0 Å². The molecule has 0 amide bonds. The van der Waals surface area contributed by atoms with E-state index in [0.29, 0.717) is 0 Å². The number of nitrogens with two attached hydrogens (primary N) is 1. The minimum Gasteiger partial charge on any atom is -0.396 e. The molecule has 29 heavy (non-hydrogen) atoms. The molecule has 0 fully saturated rings. The van der Waals surface area contributed by atoms with Crippen molar-refractivity contribution in [3.8, 4) is 0 Å². The standard InChI is InChI=1S/C25H53NO3/c1-22(2,10-7-19-27)13-16-25(26,17-14-23(3,4)11-8-20-28)18-15-24(5,6)12-9-21-29/h27-29H,7-21,26H2,1-6H3. The van der Waals surface area contributed by atoms with Crippen molar-refractivity contribution >= 4 is 0 Å². The number of aliphatic hydroxyl groups is 3. The van der Waals surface area contributed by atoms with Gasteiger partial charge in [-0.25, -0.2) is 0 Å². The van der Waals surface area contributed by atoms with E-state index in [4.69, 9.17) is 5.73 Å². The Balaban J connectivity index is 5.05. The largest absolute Gasteiger partial charge is 0.396 e. The Labute approximate surface area is 181 Å². The molecule has 0 radical (unpaired) electrons. The predicted octanol–water partition coefficient (Wildman–Crippen LogP) is 5.42. The van der Waals surface area contributed by atoms with E-state index in [0.717, 1.165) is 77.0 Å². The summed E-state index contributed by atoms with van der Waals surface area (Å²) < 4.78 is 0. The highest BCUT2D eigenvalue weighted by Gasteiger charge is 2.32. The zero-order valence-corrected chi connectivity index (χ0v) is 20.5. The monoisotopic (exact) mass is 415 g/mol. The molecule has 0 heterocycles. The summed E-state index contributed by atoms with van der Waals surface area (Å²) in [6.07, 6.45) is 11.9. The van der Waals surface area contributed by atoms with Gasteiger partial charge in [-0.3, -0.25) is 0 Å². The Morgan fingerprint density at radius 2 is 0.690 bits per heavy atom. The normalized spacial score (nSPS) is 13.9. The van der Waals surface area contributed by atoms with Crippen LogP contribution >= 0.6 is 0 Å². The van der Waals surface area contributed by atoms with Crippen molar-refractivity contribution in [2.75, 3.05) is 19.8 Å². The van der Waals surface area contributed by atoms with Crippen molar-refractivity contribution < 1.29 is 15.3 Å². The van der Waals surface area contributed by atoms with Gasteiger partial charge in [-0.05, 0) is 93.3 Å². The van der Waals surface area contributed by atoms with Crippen molar-refractivity contribution in [1.29, 1.82) is 0 Å². The molecule has 176 valence electrons. The lowest BCUT2D eigenvalue weighted by atomic mass is 9.71. The highest BCUT2D eigenvalue weighted by Crippen LogP contribution is 2.39. The van der Waals surface area contributed by atoms with Gasteiger partial charge in [0.25, 0.3) is 0 Å². The number of hydrogen-bond acceptors (Lipinski definition) is 4. The molecule has 4 nitrogen and oxygen atoms in total. The Kier molecular flexibility index (Phi) is 13.2. The molecule has 0 saturated heterocycles. The second-order valence-corrected chi connectivity index (χ2v) is 11.8. The van der Waals surface area contributed by atoms with Crippen LogP contribution in [0.1, 0.15) is 119 Å². The Hall–Kier alpha value is -0.160. The molecule has 0 aliphatic rings. The molecule has 0 rings (SSSR count). The Morgan fingerprint density at radius 3 is 0.897 bits per heavy atom. The molecule has 0 unspecified atom stereocenters. The van der Waals surface area contributed by atoms with Gasteiger partial charge in [0.2, 0.25) is 0 Å². The van der Waals surface area contributed by atoms with Crippen LogP contribution in [0.3, 0.4) is 0 Å². The van der Waals surface area contributed by atoms with Gasteiger partial charge in [-0.15, -0.1) is 0 Å². The van der Waals surface area contributed by atoms with Crippen molar-refractivity contribution in [1.82, 2.24) is 0 Å². The molecular weight excluding hydrogens is 362 g/mol. The maximum absolute atomic E-state index is 9.19. The van der Waals surface area contributed by atoms with Gasteiger partial charge in [-0.1, -0.05) is 41.5 Å². The molecule has 0 aromatic heterocycles. The molecule has 0 saturated carbocycles. The zero-order chi connectivity index (χ0) is 22.6. The van der Waals surface area contributed by atoms with E-state index in [9.17, 15) is 15.3 Å². The van der Waals surface area contributed by atoms with Crippen molar-refractivity contribution in [3.05, 3.63) is 0 Å². The number of hydrogen-bond donors (Lipinski definition) is 4. The van der Waals surface area contributed by atoms with E-state index >= 15 is 0 Å². The third-order valence-corrected chi connectivity index (χ3v) is 6.93. The highest BCUT2D eigenvalue weighted by atomic mass is 16.3. The molecule has 0 atom stereocenters. The zero-order valence-electron chi connectivity index (χ0n) is 20.5. The SMILES string of the molecule is CC(C)(CCCO)CCC(N)(CCC(C)(C)CCCO)CCC(C)(C)CCCO. The highest BCUT2D eigenvalue weighted by molar-refractivity contribution is 4.90. The van der Waals surface area contributed by atoms with Gasteiger partial charge < -0.3 is 21.1 Å². The van der Waals surface area contributed by atoms with Crippen LogP contribution in [-0.4, -0.2) is 40.7 Å². The first-order chi connectivity index (χ1) is 13.3. The molecule has 5 N–H and O–H groups in total. The van der Waals surface area contributed by atoms with E-state index in [-0.39, 0.29) is 41.6 Å². The lowest BCUT2D eigenvalue weighted by Gasteiger charge is -2.39. The second kappa shape index (κ2) is 13.3. The van der Waals surface area contributed by atoms with E-state index in [2.05, 4.69) is 41.5 Å². The summed E-state index contributed by atoms with van der Waals surface area (Å²) in [5.74, 6) is 0.